The Morgan fingerprint density at radius 2 is 2.03 bits per heavy atom. The van der Waals surface area contributed by atoms with Gasteiger partial charge in [-0.25, -0.2) is 9.97 Å². The molecule has 11 nitrogen and oxygen atoms in total. The van der Waals surface area contributed by atoms with Crippen molar-refractivity contribution in [3.05, 3.63) is 42.4 Å². The monoisotopic (exact) mass is 477 g/mol. The van der Waals surface area contributed by atoms with Crippen molar-refractivity contribution in [1.82, 2.24) is 29.5 Å². The summed E-state index contributed by atoms with van der Waals surface area (Å²) in [5.41, 5.74) is 9.45. The molecule has 1 amide bonds. The van der Waals surface area contributed by atoms with Crippen LogP contribution in [-0.4, -0.2) is 75.7 Å². The molecule has 2 fully saturated rings. The highest BCUT2D eigenvalue weighted by Crippen LogP contribution is 2.36. The van der Waals surface area contributed by atoms with Gasteiger partial charge in [0.2, 0.25) is 0 Å². The number of anilines is 1. The Bertz CT molecular complexity index is 1360. The van der Waals surface area contributed by atoms with Gasteiger partial charge in [-0.1, -0.05) is 0 Å². The van der Waals surface area contributed by atoms with Gasteiger partial charge in [0.05, 0.1) is 43.3 Å². The van der Waals surface area contributed by atoms with Gasteiger partial charge in [-0.15, -0.1) is 0 Å². The summed E-state index contributed by atoms with van der Waals surface area (Å²) in [4.78, 5) is 22.5. The zero-order valence-corrected chi connectivity index (χ0v) is 19.5. The summed E-state index contributed by atoms with van der Waals surface area (Å²) in [7, 11) is 3.35. The lowest BCUT2D eigenvalue weighted by molar-refractivity contribution is 0.00732. The molecular formula is C24H27N7O4. The lowest BCUT2D eigenvalue weighted by atomic mass is 9.89. The van der Waals surface area contributed by atoms with E-state index in [1.54, 1.807) is 26.5 Å². The minimum atomic E-state index is -0.244. The largest absolute Gasteiger partial charge is 0.384 e. The molecule has 0 unspecified atom stereocenters. The van der Waals surface area contributed by atoms with E-state index in [2.05, 4.69) is 15.0 Å². The van der Waals surface area contributed by atoms with Crippen LogP contribution >= 0.6 is 0 Å². The SMILES string of the molecule is CO[C@@H]1COC[C@H]1n1cccc2c(-c3cc(N)n4ncc(C(=O)N[C@@H]5CC[C@H]5OC)c4n3)cnc1-2. The number of nitrogens with one attached hydrogen (secondary N) is 1. The third-order valence-electron chi connectivity index (χ3n) is 7.11. The molecule has 2 aromatic rings. The van der Waals surface area contributed by atoms with E-state index in [4.69, 9.17) is 29.9 Å². The molecule has 0 spiro atoms. The maximum Gasteiger partial charge on any atom is 0.257 e. The standard InChI is InChI=1S/C24H27N7O4/c1-33-19-6-5-16(19)29-24(32)15-10-27-31-21(25)8-17(28-23(15)31)14-9-26-22-13(14)4-3-7-30(22)18-11-35-12-20(18)34-2/h3-4,7-10,16,18-20H,5-6,11-12,25H2,1-2H3,(H,29,32)/t16-,18-,19-,20-/m1/s1. The summed E-state index contributed by atoms with van der Waals surface area (Å²) < 4.78 is 20.2. The lowest BCUT2D eigenvalue weighted by Crippen LogP contribution is -2.51. The third-order valence-corrected chi connectivity index (χ3v) is 7.11. The molecule has 4 atom stereocenters. The van der Waals surface area contributed by atoms with E-state index >= 15 is 0 Å². The van der Waals surface area contributed by atoms with Crippen LogP contribution in [0.25, 0.3) is 28.3 Å². The average molecular weight is 478 g/mol. The highest BCUT2D eigenvalue weighted by Gasteiger charge is 2.34. The second-order valence-corrected chi connectivity index (χ2v) is 8.99. The molecule has 4 aliphatic rings. The first-order valence-electron chi connectivity index (χ1n) is 11.6. The lowest BCUT2D eigenvalue weighted by Gasteiger charge is -2.35. The number of pyridine rings is 1. The fourth-order valence-electron chi connectivity index (χ4n) is 4.98. The first kappa shape index (κ1) is 22.0. The smallest absolute Gasteiger partial charge is 0.257 e. The van der Waals surface area contributed by atoms with Gasteiger partial charge < -0.3 is 29.8 Å². The van der Waals surface area contributed by atoms with Crippen LogP contribution in [0.2, 0.25) is 0 Å². The minimum Gasteiger partial charge on any atom is -0.384 e. The Hall–Kier alpha value is -3.54. The molecule has 0 radical (unpaired) electrons. The van der Waals surface area contributed by atoms with Crippen molar-refractivity contribution in [3.63, 3.8) is 0 Å². The number of hydrogen-bond acceptors (Lipinski definition) is 8. The third kappa shape index (κ3) is 3.54. The number of methoxy groups -OCH3 is 2. The molecule has 11 heteroatoms. The molecule has 35 heavy (non-hydrogen) atoms. The highest BCUT2D eigenvalue weighted by molar-refractivity contribution is 6.00. The molecule has 182 valence electrons. The summed E-state index contributed by atoms with van der Waals surface area (Å²) in [6.07, 6.45) is 7.07. The van der Waals surface area contributed by atoms with Crippen LogP contribution in [0.3, 0.4) is 0 Å². The fraction of sp³-hybridized carbons (Fsp3) is 0.417. The first-order chi connectivity index (χ1) is 17.1. The Morgan fingerprint density at radius 3 is 2.80 bits per heavy atom. The molecule has 1 aliphatic carbocycles. The van der Waals surface area contributed by atoms with Crippen molar-refractivity contribution in [2.45, 2.75) is 37.1 Å². The summed E-state index contributed by atoms with van der Waals surface area (Å²) in [6.45, 7) is 1.10. The quantitative estimate of drug-likeness (QED) is 0.430. The molecule has 2 aromatic heterocycles. The van der Waals surface area contributed by atoms with Crippen molar-refractivity contribution in [2.24, 2.45) is 0 Å². The number of ether oxygens (including phenoxy) is 3. The van der Waals surface area contributed by atoms with Gasteiger partial charge in [0.1, 0.15) is 23.3 Å². The maximum atomic E-state index is 13.0. The van der Waals surface area contributed by atoms with Crippen LogP contribution in [0, 0.1) is 0 Å². The minimum absolute atomic E-state index is 0.0165. The molecule has 0 bridgehead atoms. The molecule has 1 saturated carbocycles. The number of hydrogen-bond donors (Lipinski definition) is 2. The predicted molar refractivity (Wildman–Crippen MR) is 127 cm³/mol. The van der Waals surface area contributed by atoms with Gasteiger partial charge in [-0.3, -0.25) is 4.79 Å². The molecule has 3 aliphatic heterocycles. The van der Waals surface area contributed by atoms with Crippen LogP contribution in [0.15, 0.2) is 36.8 Å². The van der Waals surface area contributed by atoms with Crippen molar-refractivity contribution >= 4 is 17.4 Å². The number of nitrogen functional groups attached to an aromatic ring is 1. The summed E-state index contributed by atoms with van der Waals surface area (Å²) in [6, 6.07) is 5.73. The highest BCUT2D eigenvalue weighted by atomic mass is 16.5. The average Bonchev–Trinajstić information content (AvgIpc) is 3.59. The van der Waals surface area contributed by atoms with Crippen molar-refractivity contribution in [3.8, 4) is 22.6 Å². The second kappa shape index (κ2) is 8.59. The van der Waals surface area contributed by atoms with Crippen LogP contribution in [-0.2, 0) is 14.2 Å². The van der Waals surface area contributed by atoms with E-state index in [1.165, 1.54) is 10.7 Å². The number of nitrogens with two attached hydrogens (primary N) is 1. The fourth-order valence-corrected chi connectivity index (χ4v) is 4.98. The molecule has 5 heterocycles. The Morgan fingerprint density at radius 1 is 1.17 bits per heavy atom. The van der Waals surface area contributed by atoms with E-state index in [1.807, 2.05) is 18.3 Å². The van der Waals surface area contributed by atoms with Gasteiger partial charge in [-0.05, 0) is 25.0 Å². The van der Waals surface area contributed by atoms with Gasteiger partial charge in [0, 0.05) is 43.8 Å². The van der Waals surface area contributed by atoms with E-state index in [9.17, 15) is 4.79 Å². The van der Waals surface area contributed by atoms with Crippen LogP contribution in [0.5, 0.6) is 0 Å². The van der Waals surface area contributed by atoms with Crippen molar-refractivity contribution in [1.29, 1.82) is 0 Å². The van der Waals surface area contributed by atoms with Crippen molar-refractivity contribution < 1.29 is 19.0 Å². The number of carbonyl (C=O) groups is 1. The second-order valence-electron chi connectivity index (χ2n) is 8.99. The van der Waals surface area contributed by atoms with E-state index < -0.39 is 0 Å². The molecule has 6 rings (SSSR count). The topological polar surface area (TPSA) is 131 Å². The number of rotatable bonds is 6. The number of nitrogens with zero attached hydrogens (tertiary/aromatic N) is 5. The number of amides is 1. The van der Waals surface area contributed by atoms with Gasteiger partial charge in [0.25, 0.3) is 5.91 Å². The number of carbonyl (C=O) groups excluding carboxylic acids is 1. The van der Waals surface area contributed by atoms with E-state index in [0.29, 0.717) is 35.9 Å². The Balaban J connectivity index is 1.36. The normalized spacial score (nSPS) is 24.2. The molecule has 1 saturated heterocycles. The van der Waals surface area contributed by atoms with Gasteiger partial charge in [-0.2, -0.15) is 9.61 Å². The molecular weight excluding hydrogens is 450 g/mol. The number of aromatic nitrogens is 5. The Kier molecular flexibility index (Phi) is 5.39. The maximum absolute atomic E-state index is 13.0. The molecule has 3 N–H and O–H groups in total. The Labute approximate surface area is 201 Å². The zero-order chi connectivity index (χ0) is 24.1. The van der Waals surface area contributed by atoms with E-state index in [-0.39, 0.29) is 30.2 Å². The van der Waals surface area contributed by atoms with Crippen LogP contribution in [0.1, 0.15) is 29.2 Å². The van der Waals surface area contributed by atoms with Gasteiger partial charge >= 0.3 is 0 Å². The number of fused-ring (bicyclic) bond motifs is 2. The van der Waals surface area contributed by atoms with Gasteiger partial charge in [0.15, 0.2) is 5.65 Å². The predicted octanol–water partition coefficient (Wildman–Crippen LogP) is 1.77. The zero-order valence-electron chi connectivity index (χ0n) is 19.5. The van der Waals surface area contributed by atoms with Crippen LogP contribution in [0.4, 0.5) is 5.82 Å². The first-order valence-corrected chi connectivity index (χ1v) is 11.6. The molecule has 0 aromatic carbocycles. The summed E-state index contributed by atoms with van der Waals surface area (Å²) >= 11 is 0. The van der Waals surface area contributed by atoms with Crippen molar-refractivity contribution in [2.75, 3.05) is 33.2 Å². The summed E-state index contributed by atoms with van der Waals surface area (Å²) in [5.74, 6) is 0.942. The summed E-state index contributed by atoms with van der Waals surface area (Å²) in [5, 5.41) is 7.31. The van der Waals surface area contributed by atoms with Crippen LogP contribution < -0.4 is 11.1 Å². The van der Waals surface area contributed by atoms with E-state index in [0.717, 1.165) is 29.8 Å².